The van der Waals surface area contributed by atoms with Crippen LogP contribution in [0.3, 0.4) is 0 Å². The highest BCUT2D eigenvalue weighted by Crippen LogP contribution is 2.23. The molecule has 0 amide bonds. The third-order valence-corrected chi connectivity index (χ3v) is 4.11. The van der Waals surface area contributed by atoms with Gasteiger partial charge in [-0.2, -0.15) is 0 Å². The van der Waals surface area contributed by atoms with Crippen LogP contribution in [0, 0.1) is 5.41 Å². The lowest BCUT2D eigenvalue weighted by Gasteiger charge is -2.13. The van der Waals surface area contributed by atoms with Crippen molar-refractivity contribution in [3.8, 4) is 0 Å². The van der Waals surface area contributed by atoms with Gasteiger partial charge in [0, 0.05) is 0 Å². The summed E-state index contributed by atoms with van der Waals surface area (Å²) in [5.41, 5.74) is 3.04. The highest BCUT2D eigenvalue weighted by molar-refractivity contribution is 5.50. The van der Waals surface area contributed by atoms with Crippen LogP contribution < -0.4 is 0 Å². The molecule has 0 heterocycles. The summed E-state index contributed by atoms with van der Waals surface area (Å²) in [4.78, 5) is 0. The molecule has 1 unspecified atom stereocenters. The minimum atomic E-state index is 0. The lowest BCUT2D eigenvalue weighted by Crippen LogP contribution is -1.98. The number of hydrogen-bond donors (Lipinski definition) is 0. The Bertz CT molecular complexity index is 490. The van der Waals surface area contributed by atoms with E-state index in [-0.39, 0.29) is 12.8 Å². The molecule has 0 heteroatoms. The van der Waals surface area contributed by atoms with Crippen molar-refractivity contribution in [3.63, 3.8) is 0 Å². The number of rotatable bonds is 7. The van der Waals surface area contributed by atoms with Gasteiger partial charge in [-0.3, -0.25) is 0 Å². The van der Waals surface area contributed by atoms with E-state index in [0.717, 1.165) is 0 Å². The Morgan fingerprint density at radius 3 is 1.82 bits per heavy atom. The molecule has 0 spiro atoms. The number of benzene rings is 1. The Balaban J connectivity index is -0.000000676. The molecule has 1 aromatic carbocycles. The van der Waals surface area contributed by atoms with Crippen molar-refractivity contribution in [1.82, 2.24) is 0 Å². The third-order valence-electron chi connectivity index (χ3n) is 4.11. The van der Waals surface area contributed by atoms with Gasteiger partial charge in [0.1, 0.15) is 0 Å². The highest BCUT2D eigenvalue weighted by Gasteiger charge is 2.06. The van der Waals surface area contributed by atoms with Crippen molar-refractivity contribution in [2.75, 3.05) is 0 Å². The van der Waals surface area contributed by atoms with E-state index >= 15 is 0 Å². The molecule has 0 aliphatic heterocycles. The van der Waals surface area contributed by atoms with Gasteiger partial charge in [-0.25, -0.2) is 0 Å². The van der Waals surface area contributed by atoms with Crippen LogP contribution in [0.1, 0.15) is 112 Å². The van der Waals surface area contributed by atoms with Crippen molar-refractivity contribution in [3.05, 3.63) is 66.3 Å². The zero-order valence-electron chi connectivity index (χ0n) is 19.5. The fourth-order valence-corrected chi connectivity index (χ4v) is 2.33. The fourth-order valence-electron chi connectivity index (χ4n) is 2.33. The molecule has 1 atom stereocenters. The minimum Gasteiger partial charge on any atom is -0.103 e. The Morgan fingerprint density at radius 1 is 0.929 bits per heavy atom. The van der Waals surface area contributed by atoms with Gasteiger partial charge in [-0.15, -0.1) is 6.58 Å². The Hall–Kier alpha value is -1.56. The summed E-state index contributed by atoms with van der Waals surface area (Å²) in [5.74, 6) is 0.688. The molecule has 1 rings (SSSR count). The van der Waals surface area contributed by atoms with Crippen molar-refractivity contribution in [2.45, 2.75) is 101 Å². The predicted octanol–water partition coefficient (Wildman–Crippen LogP) is 10.2. The van der Waals surface area contributed by atoms with E-state index < -0.39 is 0 Å². The van der Waals surface area contributed by atoms with E-state index in [2.05, 4.69) is 77.6 Å². The maximum absolute atomic E-state index is 3.36. The molecule has 0 N–H and O–H groups in total. The second-order valence-corrected chi connectivity index (χ2v) is 8.19. The van der Waals surface area contributed by atoms with Crippen LogP contribution in [0.15, 0.2) is 55.1 Å². The van der Waals surface area contributed by atoms with Gasteiger partial charge >= 0.3 is 0 Å². The van der Waals surface area contributed by atoms with Crippen LogP contribution in [-0.2, 0) is 0 Å². The molecule has 0 saturated carbocycles. The van der Waals surface area contributed by atoms with Crippen LogP contribution in [-0.4, -0.2) is 0 Å². The molecular weight excluding hydrogens is 336 g/mol. The van der Waals surface area contributed by atoms with E-state index in [9.17, 15) is 0 Å². The van der Waals surface area contributed by atoms with Gasteiger partial charge in [0.05, 0.1) is 0 Å². The van der Waals surface area contributed by atoms with Crippen LogP contribution in [0.2, 0.25) is 0 Å². The summed E-state index contributed by atoms with van der Waals surface area (Å²) in [6.07, 6.45) is 17.0. The lowest BCUT2D eigenvalue weighted by molar-refractivity contribution is 0.547. The van der Waals surface area contributed by atoms with E-state index in [1.807, 2.05) is 32.9 Å². The molecule has 1 aromatic rings. The molecule has 0 aromatic heterocycles. The SMILES string of the molecule is C.C/C=C\C.C=CC.CCCCCCC(C)c1ccc(/C=C/C(C)(C)C)cc1. The maximum Gasteiger partial charge on any atom is -0.0190 e. The van der Waals surface area contributed by atoms with Gasteiger partial charge in [0.15, 0.2) is 0 Å². The van der Waals surface area contributed by atoms with Gasteiger partial charge in [0.2, 0.25) is 0 Å². The minimum absolute atomic E-state index is 0. The predicted molar refractivity (Wildman–Crippen MR) is 135 cm³/mol. The molecular formula is C28H50. The second kappa shape index (κ2) is 20.2. The molecule has 0 nitrogen and oxygen atoms in total. The summed E-state index contributed by atoms with van der Waals surface area (Å²) < 4.78 is 0. The van der Waals surface area contributed by atoms with Crippen LogP contribution in [0.5, 0.6) is 0 Å². The molecule has 0 aliphatic carbocycles. The van der Waals surface area contributed by atoms with Crippen LogP contribution >= 0.6 is 0 Å². The van der Waals surface area contributed by atoms with E-state index in [0.29, 0.717) is 5.92 Å². The molecule has 28 heavy (non-hydrogen) atoms. The van der Waals surface area contributed by atoms with Crippen molar-refractivity contribution < 1.29 is 0 Å². The molecule has 0 bridgehead atoms. The van der Waals surface area contributed by atoms with E-state index in [1.54, 1.807) is 6.08 Å². The van der Waals surface area contributed by atoms with Gasteiger partial charge < -0.3 is 0 Å². The Morgan fingerprint density at radius 2 is 1.43 bits per heavy atom. The molecule has 162 valence electrons. The molecule has 0 aliphatic rings. The molecule has 0 radical (unpaired) electrons. The Kier molecular flexibility index (Phi) is 22.4. The molecule has 0 fully saturated rings. The third kappa shape index (κ3) is 20.7. The first-order valence-electron chi connectivity index (χ1n) is 10.7. The largest absolute Gasteiger partial charge is 0.103 e. The summed E-state index contributed by atoms with van der Waals surface area (Å²) >= 11 is 0. The van der Waals surface area contributed by atoms with Crippen LogP contribution in [0.25, 0.3) is 6.08 Å². The number of hydrogen-bond acceptors (Lipinski definition) is 0. The smallest absolute Gasteiger partial charge is 0.0190 e. The number of allylic oxidation sites excluding steroid dienone is 4. The zero-order chi connectivity index (χ0) is 21.1. The topological polar surface area (TPSA) is 0 Å². The van der Waals surface area contributed by atoms with E-state index in [4.69, 9.17) is 0 Å². The first-order chi connectivity index (χ1) is 12.7. The number of unbranched alkanes of at least 4 members (excludes halogenated alkanes) is 3. The second-order valence-electron chi connectivity index (χ2n) is 8.19. The van der Waals surface area contributed by atoms with Crippen molar-refractivity contribution in [2.24, 2.45) is 5.41 Å². The fraction of sp³-hybridized carbons (Fsp3) is 0.571. The maximum atomic E-state index is 3.36. The van der Waals surface area contributed by atoms with Crippen LogP contribution in [0.4, 0.5) is 0 Å². The van der Waals surface area contributed by atoms with Gasteiger partial charge in [-0.1, -0.05) is 122 Å². The van der Waals surface area contributed by atoms with Gasteiger partial charge in [0.25, 0.3) is 0 Å². The van der Waals surface area contributed by atoms with Gasteiger partial charge in [-0.05, 0) is 49.7 Å². The summed E-state index contributed by atoms with van der Waals surface area (Å²) in [5, 5.41) is 0. The van der Waals surface area contributed by atoms with Crippen molar-refractivity contribution in [1.29, 1.82) is 0 Å². The first kappa shape index (κ1) is 31.1. The molecule has 0 saturated heterocycles. The average Bonchev–Trinajstić information content (AvgIpc) is 2.64. The van der Waals surface area contributed by atoms with E-state index in [1.165, 1.54) is 43.2 Å². The average molecular weight is 387 g/mol. The van der Waals surface area contributed by atoms with Crippen molar-refractivity contribution >= 4 is 6.08 Å². The summed E-state index contributed by atoms with van der Waals surface area (Å²) in [7, 11) is 0. The Labute approximate surface area is 178 Å². The highest BCUT2D eigenvalue weighted by atomic mass is 14.1. The quantitative estimate of drug-likeness (QED) is 0.323. The zero-order valence-corrected chi connectivity index (χ0v) is 19.5. The lowest BCUT2D eigenvalue weighted by atomic mass is 9.93. The normalized spacial score (nSPS) is 11.7. The summed E-state index contributed by atoms with van der Waals surface area (Å²) in [6, 6.07) is 9.10. The monoisotopic (exact) mass is 386 g/mol. The standard InChI is InChI=1S/C20H32.C4H8.C3H6.CH4/c1-6-7-8-9-10-17(2)19-13-11-18(12-14-19)15-16-20(3,4)5;1-3-4-2;1-3-2;/h11-17H,6-10H2,1-5H3;3-4H,1-2H3;3H,1H2,2H3;1H4/b16-15+;4-3-;;. The first-order valence-corrected chi connectivity index (χ1v) is 10.7. The summed E-state index contributed by atoms with van der Waals surface area (Å²) in [6.45, 7) is 20.6.